The normalized spacial score (nSPS) is 12.5. The van der Waals surface area contributed by atoms with Crippen LogP contribution < -0.4 is 0 Å². The molecule has 0 amide bonds. The summed E-state index contributed by atoms with van der Waals surface area (Å²) < 4.78 is 19.4. The van der Waals surface area contributed by atoms with Gasteiger partial charge in [0.15, 0.2) is 0 Å². The highest BCUT2D eigenvalue weighted by Gasteiger charge is 2.16. The van der Waals surface area contributed by atoms with Gasteiger partial charge in [-0.25, -0.2) is 9.59 Å². The van der Waals surface area contributed by atoms with Crippen molar-refractivity contribution in [2.75, 3.05) is 26.9 Å². The van der Waals surface area contributed by atoms with Crippen molar-refractivity contribution in [3.63, 3.8) is 0 Å². The first-order chi connectivity index (χ1) is 16.2. The van der Waals surface area contributed by atoms with E-state index in [0.717, 1.165) is 0 Å². The van der Waals surface area contributed by atoms with Gasteiger partial charge in [-0.3, -0.25) is 9.59 Å². The van der Waals surface area contributed by atoms with Gasteiger partial charge in [0.2, 0.25) is 0 Å². The Balaban J connectivity index is 1.86. The van der Waals surface area contributed by atoms with Crippen LogP contribution in [0.4, 0.5) is 0 Å². The van der Waals surface area contributed by atoms with E-state index in [1.807, 2.05) is 0 Å². The smallest absolute Gasteiger partial charge is 0.338 e. The molecule has 0 fully saturated rings. The molecule has 0 spiro atoms. The first-order valence-electron chi connectivity index (χ1n) is 10.7. The summed E-state index contributed by atoms with van der Waals surface area (Å²) in [4.78, 5) is 46.9. The average Bonchev–Trinajstić information content (AvgIpc) is 2.86. The summed E-state index contributed by atoms with van der Waals surface area (Å²) in [5.74, 6) is -2.48. The highest BCUT2D eigenvalue weighted by Crippen LogP contribution is 2.19. The maximum atomic E-state index is 12.3. The third-order valence-corrected chi connectivity index (χ3v) is 4.79. The van der Waals surface area contributed by atoms with Crippen molar-refractivity contribution in [3.8, 4) is 0 Å². The molecule has 0 saturated heterocycles. The topological polar surface area (TPSA) is 146 Å². The van der Waals surface area contributed by atoms with E-state index in [1.54, 1.807) is 37.3 Å². The molecule has 2 aromatic rings. The minimum atomic E-state index is -1.23. The van der Waals surface area contributed by atoms with E-state index in [0.29, 0.717) is 22.8 Å². The summed E-state index contributed by atoms with van der Waals surface area (Å²) in [6, 6.07) is 9.55. The second kappa shape index (κ2) is 13.3. The maximum Gasteiger partial charge on any atom is 0.338 e. The number of carbonyl (C=O) groups is 4. The lowest BCUT2D eigenvalue weighted by atomic mass is 10.0. The van der Waals surface area contributed by atoms with Crippen LogP contribution in [-0.4, -0.2) is 73.2 Å². The molecular weight excluding hydrogens is 448 g/mol. The van der Waals surface area contributed by atoms with E-state index in [1.165, 1.54) is 13.2 Å². The number of carbonyl (C=O) groups excluding carboxylic acids is 4. The molecule has 2 rings (SSSR count). The van der Waals surface area contributed by atoms with Crippen molar-refractivity contribution < 1.29 is 48.3 Å². The Kier molecular flexibility index (Phi) is 10.4. The third-order valence-electron chi connectivity index (χ3n) is 4.79. The lowest BCUT2D eigenvalue weighted by molar-refractivity contribution is -0.151. The van der Waals surface area contributed by atoms with Crippen LogP contribution in [0.2, 0.25) is 0 Å². The van der Waals surface area contributed by atoms with Gasteiger partial charge in [0.25, 0.3) is 0 Å². The van der Waals surface area contributed by atoms with Crippen molar-refractivity contribution in [3.05, 3.63) is 47.5 Å². The minimum Gasteiger partial charge on any atom is -0.469 e. The van der Waals surface area contributed by atoms with Crippen molar-refractivity contribution in [2.24, 2.45) is 0 Å². The Labute approximate surface area is 196 Å². The molecule has 2 aromatic carbocycles. The SMILES string of the molecule is CCC(O)COC(=O)c1ccc2cc(C(=O)OCC(O)COC(=O)CCC(=O)OC)ccc2c1. The van der Waals surface area contributed by atoms with Crippen LogP contribution in [0.25, 0.3) is 10.8 Å². The van der Waals surface area contributed by atoms with Gasteiger partial charge in [0.1, 0.15) is 25.9 Å². The molecule has 10 heteroatoms. The van der Waals surface area contributed by atoms with Crippen LogP contribution in [0.3, 0.4) is 0 Å². The summed E-state index contributed by atoms with van der Waals surface area (Å²) in [6.07, 6.45) is -1.78. The van der Waals surface area contributed by atoms with E-state index >= 15 is 0 Å². The number of esters is 4. The number of ether oxygens (including phenoxy) is 4. The van der Waals surface area contributed by atoms with Gasteiger partial charge >= 0.3 is 23.9 Å². The fourth-order valence-corrected chi connectivity index (χ4v) is 2.74. The first kappa shape index (κ1) is 26.7. The van der Waals surface area contributed by atoms with Gasteiger partial charge in [0.05, 0.1) is 37.2 Å². The molecule has 0 heterocycles. The highest BCUT2D eigenvalue weighted by atomic mass is 16.6. The number of aliphatic hydroxyl groups is 2. The second-order valence-corrected chi connectivity index (χ2v) is 7.45. The average molecular weight is 476 g/mol. The van der Waals surface area contributed by atoms with Crippen molar-refractivity contribution >= 4 is 34.6 Å². The number of rotatable bonds is 12. The van der Waals surface area contributed by atoms with Gasteiger partial charge in [0, 0.05) is 0 Å². The Morgan fingerprint density at radius 2 is 1.21 bits per heavy atom. The lowest BCUT2D eigenvalue weighted by Gasteiger charge is -2.12. The van der Waals surface area contributed by atoms with E-state index in [-0.39, 0.29) is 31.6 Å². The van der Waals surface area contributed by atoms with Gasteiger partial charge in [-0.2, -0.15) is 0 Å². The molecule has 0 aliphatic heterocycles. The predicted octanol–water partition coefficient (Wildman–Crippen LogP) is 1.78. The standard InChI is InChI=1S/C24H28O10/c1-3-19(25)12-33-23(29)17-6-4-16-11-18(7-5-15(16)10-17)24(30)34-14-20(26)13-32-22(28)9-8-21(27)31-2/h4-7,10-11,19-20,25-26H,3,8-9,12-14H2,1-2H3. The summed E-state index contributed by atoms with van der Waals surface area (Å²) in [6.45, 7) is 0.911. The monoisotopic (exact) mass is 476 g/mol. The molecule has 0 bridgehead atoms. The van der Waals surface area contributed by atoms with E-state index in [4.69, 9.17) is 14.2 Å². The maximum absolute atomic E-state index is 12.3. The van der Waals surface area contributed by atoms with E-state index < -0.39 is 42.7 Å². The highest BCUT2D eigenvalue weighted by molar-refractivity contribution is 5.99. The zero-order valence-corrected chi connectivity index (χ0v) is 19.0. The molecule has 0 aliphatic carbocycles. The van der Waals surface area contributed by atoms with Crippen molar-refractivity contribution in [1.82, 2.24) is 0 Å². The molecule has 34 heavy (non-hydrogen) atoms. The number of methoxy groups -OCH3 is 1. The van der Waals surface area contributed by atoms with Gasteiger partial charge in [-0.05, 0) is 41.5 Å². The molecule has 0 radical (unpaired) electrons. The Bertz CT molecular complexity index is 1020. The zero-order valence-electron chi connectivity index (χ0n) is 19.0. The quantitative estimate of drug-likeness (QED) is 0.343. The number of hydrogen-bond acceptors (Lipinski definition) is 10. The van der Waals surface area contributed by atoms with Crippen LogP contribution >= 0.6 is 0 Å². The van der Waals surface area contributed by atoms with E-state index in [9.17, 15) is 29.4 Å². The molecule has 2 unspecified atom stereocenters. The van der Waals surface area contributed by atoms with Crippen LogP contribution in [-0.2, 0) is 28.5 Å². The molecule has 2 N–H and O–H groups in total. The first-order valence-corrected chi connectivity index (χ1v) is 10.7. The molecule has 0 aliphatic rings. The number of fused-ring (bicyclic) bond motifs is 1. The molecule has 184 valence electrons. The minimum absolute atomic E-state index is 0.0866. The third kappa shape index (κ3) is 8.45. The fourth-order valence-electron chi connectivity index (χ4n) is 2.74. The molecule has 0 saturated carbocycles. The summed E-state index contributed by atoms with van der Waals surface area (Å²) in [5.41, 5.74) is 0.548. The lowest BCUT2D eigenvalue weighted by Crippen LogP contribution is -2.25. The number of hydrogen-bond donors (Lipinski definition) is 2. The largest absolute Gasteiger partial charge is 0.469 e. The number of aliphatic hydroxyl groups excluding tert-OH is 2. The Morgan fingerprint density at radius 1 is 0.735 bits per heavy atom. The van der Waals surface area contributed by atoms with E-state index in [2.05, 4.69) is 4.74 Å². The molecular formula is C24H28O10. The summed E-state index contributed by atoms with van der Waals surface area (Å²) in [5, 5.41) is 20.8. The predicted molar refractivity (Wildman–Crippen MR) is 119 cm³/mol. The molecule has 10 nitrogen and oxygen atoms in total. The van der Waals surface area contributed by atoms with Crippen LogP contribution in [0, 0.1) is 0 Å². The van der Waals surface area contributed by atoms with Crippen LogP contribution in [0.1, 0.15) is 46.9 Å². The van der Waals surface area contributed by atoms with Crippen LogP contribution in [0.5, 0.6) is 0 Å². The molecule has 0 aromatic heterocycles. The summed E-state index contributed by atoms with van der Waals surface area (Å²) in [7, 11) is 1.21. The van der Waals surface area contributed by atoms with Gasteiger partial charge < -0.3 is 29.2 Å². The van der Waals surface area contributed by atoms with Gasteiger partial charge in [-0.1, -0.05) is 19.1 Å². The van der Waals surface area contributed by atoms with Crippen molar-refractivity contribution in [1.29, 1.82) is 0 Å². The number of benzene rings is 2. The Hall–Kier alpha value is -3.50. The van der Waals surface area contributed by atoms with Crippen LogP contribution in [0.15, 0.2) is 36.4 Å². The second-order valence-electron chi connectivity index (χ2n) is 7.45. The summed E-state index contributed by atoms with van der Waals surface area (Å²) >= 11 is 0. The fraction of sp³-hybridized carbons (Fsp3) is 0.417. The van der Waals surface area contributed by atoms with Crippen molar-refractivity contribution in [2.45, 2.75) is 38.4 Å². The van der Waals surface area contributed by atoms with Gasteiger partial charge in [-0.15, -0.1) is 0 Å². The Morgan fingerprint density at radius 3 is 1.71 bits per heavy atom. The molecule has 2 atom stereocenters. The zero-order chi connectivity index (χ0) is 25.1.